The first-order valence-corrected chi connectivity index (χ1v) is 8.35. The molecule has 0 fully saturated rings. The van der Waals surface area contributed by atoms with Crippen molar-refractivity contribution in [2.75, 3.05) is 13.7 Å². The van der Waals surface area contributed by atoms with Crippen molar-refractivity contribution in [1.82, 2.24) is 0 Å². The maximum atomic E-state index is 15.4. The SMILES string of the molecule is C=N/C=C(\C=NC)c1cc([C@@]2(C)N=C(N)COC(C)(C)C2(F)F)c(F)cc1F. The average molecular weight is 398 g/mol. The Kier molecular flexibility index (Phi) is 5.79. The van der Waals surface area contributed by atoms with Crippen LogP contribution < -0.4 is 5.73 Å². The maximum Gasteiger partial charge on any atom is 0.304 e. The van der Waals surface area contributed by atoms with Gasteiger partial charge in [0.25, 0.3) is 0 Å². The van der Waals surface area contributed by atoms with Gasteiger partial charge in [-0.1, -0.05) is 0 Å². The Morgan fingerprint density at radius 1 is 1.25 bits per heavy atom. The predicted octanol–water partition coefficient (Wildman–Crippen LogP) is 3.72. The van der Waals surface area contributed by atoms with E-state index in [2.05, 4.69) is 21.7 Å². The van der Waals surface area contributed by atoms with Crippen LogP contribution in [0.25, 0.3) is 5.57 Å². The van der Waals surface area contributed by atoms with Crippen LogP contribution in [0.2, 0.25) is 0 Å². The summed E-state index contributed by atoms with van der Waals surface area (Å²) in [5.74, 6) is -6.06. The molecule has 2 rings (SSSR count). The molecule has 0 radical (unpaired) electrons. The maximum absolute atomic E-state index is 15.4. The van der Waals surface area contributed by atoms with E-state index in [4.69, 9.17) is 10.5 Å². The molecule has 0 aromatic heterocycles. The molecule has 0 bridgehead atoms. The Morgan fingerprint density at radius 2 is 1.89 bits per heavy atom. The van der Waals surface area contributed by atoms with Crippen LogP contribution in [0.4, 0.5) is 17.6 Å². The second-order valence-electron chi connectivity index (χ2n) is 7.01. The van der Waals surface area contributed by atoms with Crippen molar-refractivity contribution in [2.45, 2.75) is 37.8 Å². The molecule has 28 heavy (non-hydrogen) atoms. The summed E-state index contributed by atoms with van der Waals surface area (Å²) < 4.78 is 65.3. The lowest BCUT2D eigenvalue weighted by Crippen LogP contribution is -2.56. The third-order valence-electron chi connectivity index (χ3n) is 4.71. The van der Waals surface area contributed by atoms with Gasteiger partial charge in [-0.3, -0.25) is 15.0 Å². The standard InChI is InChI=1S/C19H22F4N4O/c1-17(2)19(22,23)18(3,27-16(24)10-28-17)13-6-12(14(20)7-15(13)21)11(8-25-4)9-26-5/h6-9H,4,10H2,1-3,5H3,(H2,24,27)/b11-8+,26-9?/t18-/m1/s1. The smallest absolute Gasteiger partial charge is 0.304 e. The highest BCUT2D eigenvalue weighted by atomic mass is 19.3. The van der Waals surface area contributed by atoms with Crippen LogP contribution in [0.3, 0.4) is 0 Å². The number of amidine groups is 1. The monoisotopic (exact) mass is 398 g/mol. The van der Waals surface area contributed by atoms with Gasteiger partial charge in [0.1, 0.15) is 29.7 Å². The zero-order valence-electron chi connectivity index (χ0n) is 16.1. The topological polar surface area (TPSA) is 72.3 Å². The van der Waals surface area contributed by atoms with Crippen molar-refractivity contribution in [2.24, 2.45) is 20.7 Å². The van der Waals surface area contributed by atoms with Crippen molar-refractivity contribution >= 4 is 24.3 Å². The second-order valence-corrected chi connectivity index (χ2v) is 7.01. The number of hydrogen-bond acceptors (Lipinski definition) is 5. The summed E-state index contributed by atoms with van der Waals surface area (Å²) in [6, 6.07) is 1.49. The number of nitrogens with zero attached hydrogens (tertiary/aromatic N) is 3. The van der Waals surface area contributed by atoms with E-state index in [1.807, 2.05) is 0 Å². The first-order valence-electron chi connectivity index (χ1n) is 8.35. The lowest BCUT2D eigenvalue weighted by molar-refractivity contribution is -0.214. The van der Waals surface area contributed by atoms with E-state index in [1.54, 1.807) is 0 Å². The van der Waals surface area contributed by atoms with Crippen LogP contribution in [-0.2, 0) is 10.3 Å². The Bertz CT molecular complexity index is 877. The van der Waals surface area contributed by atoms with Crippen LogP contribution in [0.15, 0.2) is 33.3 Å². The van der Waals surface area contributed by atoms with Crippen molar-refractivity contribution in [1.29, 1.82) is 0 Å². The van der Waals surface area contributed by atoms with Crippen LogP contribution in [-0.4, -0.2) is 43.9 Å². The molecule has 1 heterocycles. The molecule has 0 spiro atoms. The molecule has 0 unspecified atom stereocenters. The first-order chi connectivity index (χ1) is 12.9. The van der Waals surface area contributed by atoms with Gasteiger partial charge in [-0.25, -0.2) is 17.6 Å². The Labute approximate surface area is 160 Å². The molecule has 0 amide bonds. The van der Waals surface area contributed by atoms with Crippen molar-refractivity contribution in [3.63, 3.8) is 0 Å². The molecule has 1 aromatic carbocycles. The molecule has 1 aromatic rings. The second kappa shape index (κ2) is 7.46. The van der Waals surface area contributed by atoms with E-state index in [9.17, 15) is 8.78 Å². The van der Waals surface area contributed by atoms with Gasteiger partial charge in [-0.05, 0) is 33.6 Å². The number of halogens is 4. The molecule has 5 nitrogen and oxygen atoms in total. The van der Waals surface area contributed by atoms with Crippen LogP contribution in [0.5, 0.6) is 0 Å². The third-order valence-corrected chi connectivity index (χ3v) is 4.71. The predicted molar refractivity (Wildman–Crippen MR) is 102 cm³/mol. The number of rotatable bonds is 4. The first kappa shape index (κ1) is 21.7. The van der Waals surface area contributed by atoms with E-state index in [-0.39, 0.29) is 23.6 Å². The molecule has 9 heteroatoms. The summed E-state index contributed by atoms with van der Waals surface area (Å²) in [7, 11) is 1.44. The van der Waals surface area contributed by atoms with E-state index in [0.29, 0.717) is 6.07 Å². The minimum Gasteiger partial charge on any atom is -0.385 e. The van der Waals surface area contributed by atoms with Crippen LogP contribution in [0, 0.1) is 11.6 Å². The molecule has 152 valence electrons. The number of hydrogen-bond donors (Lipinski definition) is 1. The zero-order chi connectivity index (χ0) is 21.3. The molecule has 2 N–H and O–H groups in total. The molecule has 1 atom stereocenters. The molecular formula is C19H22F4N4O. The molecule has 0 saturated heterocycles. The highest BCUT2D eigenvalue weighted by Gasteiger charge is 2.64. The fourth-order valence-electron chi connectivity index (χ4n) is 3.10. The van der Waals surface area contributed by atoms with Crippen LogP contribution in [0.1, 0.15) is 31.9 Å². The summed E-state index contributed by atoms with van der Waals surface area (Å²) in [5.41, 5.74) is 0.662. The Hall–Kier alpha value is -2.55. The van der Waals surface area contributed by atoms with E-state index >= 15 is 8.78 Å². The Balaban J connectivity index is 2.85. The van der Waals surface area contributed by atoms with Crippen molar-refractivity contribution in [3.8, 4) is 0 Å². The minimum absolute atomic E-state index is 0.129. The van der Waals surface area contributed by atoms with Crippen molar-refractivity contribution in [3.05, 3.63) is 41.1 Å². The molecule has 0 saturated carbocycles. The lowest BCUT2D eigenvalue weighted by atomic mass is 9.77. The number of ether oxygens (including phenoxy) is 1. The molecule has 1 aliphatic heterocycles. The third kappa shape index (κ3) is 3.46. The van der Waals surface area contributed by atoms with Gasteiger partial charge in [-0.15, -0.1) is 0 Å². The molecule has 0 aliphatic carbocycles. The molecular weight excluding hydrogens is 376 g/mol. The van der Waals surface area contributed by atoms with E-state index in [0.717, 1.165) is 13.0 Å². The minimum atomic E-state index is -3.68. The number of alkyl halides is 2. The highest BCUT2D eigenvalue weighted by Crippen LogP contribution is 2.51. The van der Waals surface area contributed by atoms with Gasteiger partial charge < -0.3 is 10.5 Å². The van der Waals surface area contributed by atoms with Gasteiger partial charge in [0.2, 0.25) is 0 Å². The zero-order valence-corrected chi connectivity index (χ0v) is 16.1. The average Bonchev–Trinajstić information content (AvgIpc) is 2.64. The van der Waals surface area contributed by atoms with Gasteiger partial charge in [0.15, 0.2) is 5.54 Å². The van der Waals surface area contributed by atoms with Crippen molar-refractivity contribution < 1.29 is 22.3 Å². The van der Waals surface area contributed by atoms with Gasteiger partial charge in [0.05, 0.1) is 0 Å². The van der Waals surface area contributed by atoms with E-state index < -0.39 is 34.3 Å². The van der Waals surface area contributed by atoms with Crippen LogP contribution >= 0.6 is 0 Å². The quantitative estimate of drug-likeness (QED) is 0.620. The molecule has 1 aliphatic rings. The summed E-state index contributed by atoms with van der Waals surface area (Å²) >= 11 is 0. The van der Waals surface area contributed by atoms with E-state index in [1.165, 1.54) is 33.3 Å². The lowest BCUT2D eigenvalue weighted by Gasteiger charge is -2.42. The largest absolute Gasteiger partial charge is 0.385 e. The fraction of sp³-hybridized carbons (Fsp3) is 0.421. The van der Waals surface area contributed by atoms with Gasteiger partial charge in [-0.2, -0.15) is 0 Å². The summed E-state index contributed by atoms with van der Waals surface area (Å²) in [5, 5.41) is 0. The number of allylic oxidation sites excluding steroid dienone is 1. The number of benzene rings is 1. The number of aliphatic imine (C=N–C) groups is 3. The Morgan fingerprint density at radius 3 is 2.46 bits per heavy atom. The summed E-state index contributed by atoms with van der Waals surface area (Å²) in [4.78, 5) is 11.2. The van der Waals surface area contributed by atoms with Gasteiger partial charge >= 0.3 is 5.92 Å². The summed E-state index contributed by atoms with van der Waals surface area (Å²) in [6.45, 7) is 6.31. The number of nitrogens with two attached hydrogens (primary N) is 1. The normalized spacial score (nSPS) is 24.7. The van der Waals surface area contributed by atoms with Gasteiger partial charge in [0, 0.05) is 42.2 Å². The highest BCUT2D eigenvalue weighted by molar-refractivity contribution is 6.09. The summed E-state index contributed by atoms with van der Waals surface area (Å²) in [6.07, 6.45) is 2.44. The fourth-order valence-corrected chi connectivity index (χ4v) is 3.10.